The highest BCUT2D eigenvalue weighted by atomic mass is 35.5. The predicted octanol–water partition coefficient (Wildman–Crippen LogP) is 2.58. The Morgan fingerprint density at radius 3 is 2.61 bits per heavy atom. The average Bonchev–Trinajstić information content (AvgIpc) is 2.37. The van der Waals surface area contributed by atoms with Crippen LogP contribution in [0.1, 0.15) is 32.6 Å². The van der Waals surface area contributed by atoms with E-state index in [0.717, 1.165) is 0 Å². The first kappa shape index (κ1) is 13.3. The Kier molecular flexibility index (Phi) is 4.22. The maximum Gasteiger partial charge on any atom is 0.231 e. The standard InChI is InChI=1S/C12H20ClN5/c1-8-6-4-5-7-9(8)18(3)12-16-10(13)15-11(14-2)17-12/h8-9H,4-7H2,1-3H3,(H,14,15,16,17). The van der Waals surface area contributed by atoms with Gasteiger partial charge >= 0.3 is 0 Å². The van der Waals surface area contributed by atoms with Gasteiger partial charge < -0.3 is 10.2 Å². The van der Waals surface area contributed by atoms with Gasteiger partial charge in [-0.15, -0.1) is 0 Å². The molecule has 6 heteroatoms. The van der Waals surface area contributed by atoms with Gasteiger partial charge in [-0.2, -0.15) is 15.0 Å². The molecule has 0 aromatic carbocycles. The van der Waals surface area contributed by atoms with E-state index in [1.54, 1.807) is 7.05 Å². The van der Waals surface area contributed by atoms with Crippen molar-refractivity contribution in [2.75, 3.05) is 24.3 Å². The first-order chi connectivity index (χ1) is 8.61. The minimum absolute atomic E-state index is 0.236. The third kappa shape index (κ3) is 2.83. The van der Waals surface area contributed by atoms with Gasteiger partial charge in [-0.1, -0.05) is 19.8 Å². The van der Waals surface area contributed by atoms with Crippen LogP contribution in [0.15, 0.2) is 0 Å². The van der Waals surface area contributed by atoms with E-state index in [4.69, 9.17) is 11.6 Å². The summed E-state index contributed by atoms with van der Waals surface area (Å²) in [6.45, 7) is 2.29. The lowest BCUT2D eigenvalue weighted by Gasteiger charge is -2.36. The average molecular weight is 270 g/mol. The van der Waals surface area contributed by atoms with Crippen molar-refractivity contribution in [1.82, 2.24) is 15.0 Å². The summed E-state index contributed by atoms with van der Waals surface area (Å²) in [6, 6.07) is 0.488. The van der Waals surface area contributed by atoms with Gasteiger partial charge in [-0.25, -0.2) is 0 Å². The molecule has 2 rings (SSSR count). The molecule has 1 saturated carbocycles. The quantitative estimate of drug-likeness (QED) is 0.914. The highest BCUT2D eigenvalue weighted by molar-refractivity contribution is 6.28. The molecule has 0 aliphatic heterocycles. The SMILES string of the molecule is CNc1nc(Cl)nc(N(C)C2CCCCC2C)n1. The van der Waals surface area contributed by atoms with Gasteiger partial charge in [0.2, 0.25) is 17.2 Å². The van der Waals surface area contributed by atoms with Gasteiger partial charge in [0.05, 0.1) is 0 Å². The number of rotatable bonds is 3. The normalized spacial score (nSPS) is 23.8. The molecular formula is C12H20ClN5. The lowest BCUT2D eigenvalue weighted by atomic mass is 9.85. The van der Waals surface area contributed by atoms with E-state index in [-0.39, 0.29) is 5.28 Å². The van der Waals surface area contributed by atoms with Crippen molar-refractivity contribution in [3.63, 3.8) is 0 Å². The minimum Gasteiger partial charge on any atom is -0.357 e. The zero-order valence-electron chi connectivity index (χ0n) is 11.1. The molecule has 2 atom stereocenters. The fourth-order valence-corrected chi connectivity index (χ4v) is 2.79. The van der Waals surface area contributed by atoms with Crippen LogP contribution in [0.3, 0.4) is 0 Å². The second-order valence-corrected chi connectivity index (χ2v) is 5.26. The van der Waals surface area contributed by atoms with Crippen molar-refractivity contribution in [2.45, 2.75) is 38.6 Å². The fraction of sp³-hybridized carbons (Fsp3) is 0.750. The van der Waals surface area contributed by atoms with Crippen LogP contribution < -0.4 is 10.2 Å². The van der Waals surface area contributed by atoms with Crippen molar-refractivity contribution in [1.29, 1.82) is 0 Å². The number of aromatic nitrogens is 3. The van der Waals surface area contributed by atoms with Crippen molar-refractivity contribution in [3.8, 4) is 0 Å². The van der Waals surface area contributed by atoms with Gasteiger partial charge in [0.15, 0.2) is 0 Å². The largest absolute Gasteiger partial charge is 0.357 e. The fourth-order valence-electron chi connectivity index (χ4n) is 2.63. The van der Waals surface area contributed by atoms with Crippen molar-refractivity contribution in [2.24, 2.45) is 5.92 Å². The van der Waals surface area contributed by atoms with Gasteiger partial charge in [0.1, 0.15) is 0 Å². The van der Waals surface area contributed by atoms with Crippen LogP contribution in [0.2, 0.25) is 5.28 Å². The van der Waals surface area contributed by atoms with Crippen LogP contribution in [0.5, 0.6) is 0 Å². The number of nitrogens with one attached hydrogen (secondary N) is 1. The first-order valence-electron chi connectivity index (χ1n) is 6.44. The van der Waals surface area contributed by atoms with E-state index < -0.39 is 0 Å². The summed E-state index contributed by atoms with van der Waals surface area (Å²) in [4.78, 5) is 14.7. The molecule has 1 heterocycles. The molecule has 0 amide bonds. The topological polar surface area (TPSA) is 53.9 Å². The molecule has 1 aromatic rings. The smallest absolute Gasteiger partial charge is 0.231 e. The zero-order valence-corrected chi connectivity index (χ0v) is 11.9. The summed E-state index contributed by atoms with van der Waals surface area (Å²) in [7, 11) is 3.82. The second kappa shape index (κ2) is 5.69. The zero-order chi connectivity index (χ0) is 13.1. The summed E-state index contributed by atoms with van der Waals surface area (Å²) < 4.78 is 0. The van der Waals surface area contributed by atoms with E-state index in [1.165, 1.54) is 25.7 Å². The Morgan fingerprint density at radius 2 is 1.94 bits per heavy atom. The van der Waals surface area contributed by atoms with Gasteiger partial charge in [-0.05, 0) is 30.4 Å². The first-order valence-corrected chi connectivity index (χ1v) is 6.81. The summed E-state index contributed by atoms with van der Waals surface area (Å²) in [6.07, 6.45) is 5.06. The molecule has 0 spiro atoms. The summed E-state index contributed by atoms with van der Waals surface area (Å²) in [5.41, 5.74) is 0. The number of anilines is 2. The molecule has 0 radical (unpaired) electrons. The van der Waals surface area contributed by atoms with Crippen LogP contribution in [0.25, 0.3) is 0 Å². The van der Waals surface area contributed by atoms with E-state index in [9.17, 15) is 0 Å². The van der Waals surface area contributed by atoms with Gasteiger partial charge in [-0.3, -0.25) is 0 Å². The summed E-state index contributed by atoms with van der Waals surface area (Å²) in [5, 5.41) is 3.14. The Labute approximate surface area is 113 Å². The second-order valence-electron chi connectivity index (χ2n) is 4.92. The lowest BCUT2D eigenvalue weighted by molar-refractivity contribution is 0.319. The Hall–Kier alpha value is -1.10. The predicted molar refractivity (Wildman–Crippen MR) is 74.2 cm³/mol. The highest BCUT2D eigenvalue weighted by Crippen LogP contribution is 2.29. The summed E-state index contributed by atoms with van der Waals surface area (Å²) in [5.74, 6) is 1.83. The third-order valence-corrected chi connectivity index (χ3v) is 3.87. The van der Waals surface area contributed by atoms with Crippen molar-refractivity contribution >= 4 is 23.5 Å². The lowest BCUT2D eigenvalue weighted by Crippen LogP contribution is -2.40. The molecule has 1 aliphatic carbocycles. The maximum atomic E-state index is 5.92. The van der Waals surface area contributed by atoms with Crippen LogP contribution in [-0.4, -0.2) is 35.1 Å². The van der Waals surface area contributed by atoms with E-state index in [2.05, 4.69) is 32.1 Å². The van der Waals surface area contributed by atoms with Gasteiger partial charge in [0.25, 0.3) is 0 Å². The Bertz CT molecular complexity index is 411. The summed E-state index contributed by atoms with van der Waals surface area (Å²) >= 11 is 5.92. The molecule has 1 aliphatic rings. The van der Waals surface area contributed by atoms with Crippen molar-refractivity contribution in [3.05, 3.63) is 5.28 Å². The Balaban J connectivity index is 2.21. The van der Waals surface area contributed by atoms with E-state index in [0.29, 0.717) is 23.9 Å². The van der Waals surface area contributed by atoms with Crippen LogP contribution >= 0.6 is 11.6 Å². The van der Waals surface area contributed by atoms with Crippen LogP contribution in [-0.2, 0) is 0 Å². The molecule has 1 aromatic heterocycles. The molecule has 100 valence electrons. The molecule has 1 fully saturated rings. The molecule has 1 N–H and O–H groups in total. The molecule has 18 heavy (non-hydrogen) atoms. The van der Waals surface area contributed by atoms with Crippen molar-refractivity contribution < 1.29 is 0 Å². The monoisotopic (exact) mass is 269 g/mol. The highest BCUT2D eigenvalue weighted by Gasteiger charge is 2.26. The van der Waals surface area contributed by atoms with Crippen LogP contribution in [0.4, 0.5) is 11.9 Å². The molecular weight excluding hydrogens is 250 g/mol. The molecule has 0 saturated heterocycles. The molecule has 5 nitrogen and oxygen atoms in total. The van der Waals surface area contributed by atoms with Crippen LogP contribution in [0, 0.1) is 5.92 Å². The molecule has 0 bridgehead atoms. The van der Waals surface area contributed by atoms with Gasteiger partial charge in [0, 0.05) is 20.1 Å². The number of hydrogen-bond acceptors (Lipinski definition) is 5. The Morgan fingerprint density at radius 1 is 1.22 bits per heavy atom. The van der Waals surface area contributed by atoms with E-state index >= 15 is 0 Å². The number of halogens is 1. The number of hydrogen-bond donors (Lipinski definition) is 1. The minimum atomic E-state index is 0.236. The van der Waals surface area contributed by atoms with E-state index in [1.807, 2.05) is 7.05 Å². The molecule has 2 unspecified atom stereocenters. The maximum absolute atomic E-state index is 5.92. The number of nitrogens with zero attached hydrogens (tertiary/aromatic N) is 4. The third-order valence-electron chi connectivity index (χ3n) is 3.70.